The van der Waals surface area contributed by atoms with E-state index in [1.54, 1.807) is 38.1 Å². The Kier molecular flexibility index (Phi) is 9.93. The lowest BCUT2D eigenvalue weighted by Gasteiger charge is -2.32. The lowest BCUT2D eigenvalue weighted by Crippen LogP contribution is -2.34. The third kappa shape index (κ3) is 7.33. The molecule has 0 atom stereocenters. The number of rotatable bonds is 9. The number of carbonyl (C=O) groups is 2. The summed E-state index contributed by atoms with van der Waals surface area (Å²) in [5.41, 5.74) is 2.86. The fourth-order valence-electron chi connectivity index (χ4n) is 5.70. The molecule has 0 aliphatic carbocycles. The van der Waals surface area contributed by atoms with Crippen LogP contribution in [-0.4, -0.2) is 59.2 Å². The van der Waals surface area contributed by atoms with Crippen molar-refractivity contribution in [1.29, 1.82) is 5.26 Å². The summed E-state index contributed by atoms with van der Waals surface area (Å²) in [7, 11) is 0. The van der Waals surface area contributed by atoms with Crippen LogP contribution < -0.4 is 16.0 Å². The van der Waals surface area contributed by atoms with Crippen LogP contribution in [0.15, 0.2) is 76.1 Å². The highest BCUT2D eigenvalue weighted by Crippen LogP contribution is 2.39. The number of aliphatic carboxylic acids is 2. The van der Waals surface area contributed by atoms with Gasteiger partial charge >= 0.3 is 11.9 Å². The van der Waals surface area contributed by atoms with E-state index in [9.17, 15) is 29.5 Å². The SMILES string of the molecule is CC1=C(C(=O)O)C(c2cccc(NC(=NCCCN3CCC(c4ccc(F)cc4)CC3)NC#N)c2)C(C(=O)O)=C(C)N1. The van der Waals surface area contributed by atoms with Crippen LogP contribution in [0.2, 0.25) is 0 Å². The average Bonchev–Trinajstić information content (AvgIpc) is 2.95. The van der Waals surface area contributed by atoms with E-state index in [4.69, 9.17) is 0 Å². The molecule has 0 unspecified atom stereocenters. The molecule has 0 spiro atoms. The first-order valence-corrected chi connectivity index (χ1v) is 13.9. The van der Waals surface area contributed by atoms with Crippen molar-refractivity contribution in [2.75, 3.05) is 31.5 Å². The predicted molar refractivity (Wildman–Crippen MR) is 157 cm³/mol. The molecular weight excluding hydrogens is 539 g/mol. The van der Waals surface area contributed by atoms with E-state index in [2.05, 4.69) is 25.8 Å². The second kappa shape index (κ2) is 13.8. The summed E-state index contributed by atoms with van der Waals surface area (Å²) < 4.78 is 13.2. The third-order valence-electron chi connectivity index (χ3n) is 7.71. The molecule has 0 radical (unpaired) electrons. The minimum atomic E-state index is -1.21. The largest absolute Gasteiger partial charge is 0.478 e. The van der Waals surface area contributed by atoms with Gasteiger partial charge in [0, 0.05) is 23.6 Å². The molecule has 2 aliphatic heterocycles. The van der Waals surface area contributed by atoms with Crippen LogP contribution in [0.3, 0.4) is 0 Å². The molecule has 1 saturated heterocycles. The maximum absolute atomic E-state index is 13.2. The van der Waals surface area contributed by atoms with E-state index in [1.165, 1.54) is 17.7 Å². The van der Waals surface area contributed by atoms with E-state index in [1.807, 2.05) is 18.3 Å². The number of nitriles is 1. The molecule has 0 aromatic heterocycles. The summed E-state index contributed by atoms with van der Waals surface area (Å²) in [6, 6.07) is 13.6. The molecule has 5 N–H and O–H groups in total. The first-order chi connectivity index (χ1) is 20.2. The highest BCUT2D eigenvalue weighted by atomic mass is 19.1. The first kappa shape index (κ1) is 30.3. The van der Waals surface area contributed by atoms with E-state index < -0.39 is 17.9 Å². The number of likely N-dealkylation sites (tertiary alicyclic amines) is 1. The minimum absolute atomic E-state index is 0.0408. The number of benzene rings is 2. The molecule has 11 heteroatoms. The Morgan fingerprint density at radius 3 is 2.29 bits per heavy atom. The molecular formula is C31H35FN6O4. The standard InChI is InChI=1S/C31H35FN6O4/c1-19-26(29(39)40)28(27(30(41)42)20(2)36-19)23-5-3-6-25(17-23)37-31(35-18-33)34-13-4-14-38-15-11-22(12-16-38)21-7-9-24(32)10-8-21/h3,5-10,17,22,28,36H,4,11-16H2,1-2H3,(H,39,40)(H,41,42)(H2,34,35,37). The number of guanidine groups is 1. The van der Waals surface area contributed by atoms with E-state index >= 15 is 0 Å². The van der Waals surface area contributed by atoms with Crippen molar-refractivity contribution < 1.29 is 24.2 Å². The average molecular weight is 575 g/mol. The predicted octanol–water partition coefficient (Wildman–Crippen LogP) is 4.34. The normalized spacial score (nSPS) is 17.0. The first-order valence-electron chi connectivity index (χ1n) is 13.9. The number of carboxylic acids is 2. The molecule has 2 aromatic carbocycles. The van der Waals surface area contributed by atoms with Crippen LogP contribution in [0.5, 0.6) is 0 Å². The van der Waals surface area contributed by atoms with Crippen molar-refractivity contribution in [3.05, 3.63) is 88.0 Å². The summed E-state index contributed by atoms with van der Waals surface area (Å²) in [5.74, 6) is -2.94. The van der Waals surface area contributed by atoms with Crippen molar-refractivity contribution in [1.82, 2.24) is 15.5 Å². The van der Waals surface area contributed by atoms with Gasteiger partial charge in [-0.3, -0.25) is 10.3 Å². The number of allylic oxidation sites excluding steroid dienone is 2. The van der Waals surface area contributed by atoms with Gasteiger partial charge in [0.25, 0.3) is 0 Å². The van der Waals surface area contributed by atoms with Crippen LogP contribution in [0, 0.1) is 17.3 Å². The zero-order valence-electron chi connectivity index (χ0n) is 23.7. The fourth-order valence-corrected chi connectivity index (χ4v) is 5.70. The van der Waals surface area contributed by atoms with E-state index in [0.29, 0.717) is 35.1 Å². The number of nitrogens with zero attached hydrogens (tertiary/aromatic N) is 3. The van der Waals surface area contributed by atoms with Crippen LogP contribution in [0.4, 0.5) is 10.1 Å². The van der Waals surface area contributed by atoms with Gasteiger partial charge in [0.15, 0.2) is 6.19 Å². The molecule has 10 nitrogen and oxygen atoms in total. The number of nitrogens with one attached hydrogen (secondary N) is 3. The fraction of sp³-hybridized carbons (Fsp3) is 0.355. The van der Waals surface area contributed by atoms with Crippen molar-refractivity contribution in [3.63, 3.8) is 0 Å². The number of hydrogen-bond acceptors (Lipinski definition) is 6. The van der Waals surface area contributed by atoms with Crippen LogP contribution >= 0.6 is 0 Å². The second-order valence-electron chi connectivity index (χ2n) is 10.5. The Bertz CT molecular complexity index is 1420. The molecule has 4 rings (SSSR count). The number of halogens is 1. The molecule has 2 aliphatic rings. The maximum atomic E-state index is 13.2. The molecule has 2 aromatic rings. The minimum Gasteiger partial charge on any atom is -0.478 e. The molecule has 1 fully saturated rings. The number of hydrogen-bond donors (Lipinski definition) is 5. The Morgan fingerprint density at radius 1 is 1.05 bits per heavy atom. The molecule has 220 valence electrons. The number of aliphatic imine (C=N–C) groups is 1. The Morgan fingerprint density at radius 2 is 1.69 bits per heavy atom. The van der Waals surface area contributed by atoms with Gasteiger partial charge in [0.2, 0.25) is 5.96 Å². The second-order valence-corrected chi connectivity index (χ2v) is 10.5. The van der Waals surface area contributed by atoms with Gasteiger partial charge in [-0.2, -0.15) is 5.26 Å². The summed E-state index contributed by atoms with van der Waals surface area (Å²) in [4.78, 5) is 31.1. The number of dihydropyridines is 1. The Hall–Kier alpha value is -4.69. The smallest absolute Gasteiger partial charge is 0.334 e. The summed E-state index contributed by atoms with van der Waals surface area (Å²) >= 11 is 0. The van der Waals surface area contributed by atoms with Gasteiger partial charge in [-0.25, -0.2) is 14.0 Å². The van der Waals surface area contributed by atoms with E-state index in [0.717, 1.165) is 38.9 Å². The lowest BCUT2D eigenvalue weighted by molar-refractivity contribution is -0.133. The van der Waals surface area contributed by atoms with Crippen molar-refractivity contribution >= 4 is 23.6 Å². The highest BCUT2D eigenvalue weighted by Gasteiger charge is 2.36. The summed E-state index contributed by atoms with van der Waals surface area (Å²) in [5, 5.41) is 37.5. The van der Waals surface area contributed by atoms with Crippen LogP contribution in [0.1, 0.15) is 56.1 Å². The quantitative estimate of drug-likeness (QED) is 0.0969. The molecule has 0 amide bonds. The zero-order chi connectivity index (χ0) is 30.2. The van der Waals surface area contributed by atoms with Gasteiger partial charge < -0.3 is 25.7 Å². The van der Waals surface area contributed by atoms with Crippen molar-refractivity contribution in [2.24, 2.45) is 4.99 Å². The van der Waals surface area contributed by atoms with Gasteiger partial charge in [-0.05, 0) is 94.1 Å². The number of carboxylic acid groups (broad SMARTS) is 2. The van der Waals surface area contributed by atoms with Gasteiger partial charge in [-0.15, -0.1) is 0 Å². The van der Waals surface area contributed by atoms with Gasteiger partial charge in [0.05, 0.1) is 17.1 Å². The molecule has 42 heavy (non-hydrogen) atoms. The molecule has 0 saturated carbocycles. The topological polar surface area (TPSA) is 150 Å². The summed E-state index contributed by atoms with van der Waals surface area (Å²) in [6.45, 7) is 6.45. The monoisotopic (exact) mass is 574 g/mol. The van der Waals surface area contributed by atoms with Crippen molar-refractivity contribution in [3.8, 4) is 6.19 Å². The lowest BCUT2D eigenvalue weighted by atomic mass is 9.80. The third-order valence-corrected chi connectivity index (χ3v) is 7.71. The number of piperidine rings is 1. The van der Waals surface area contributed by atoms with Gasteiger partial charge in [-0.1, -0.05) is 24.3 Å². The Balaban J connectivity index is 1.38. The zero-order valence-corrected chi connectivity index (χ0v) is 23.7. The van der Waals surface area contributed by atoms with Crippen LogP contribution in [-0.2, 0) is 9.59 Å². The molecule has 0 bridgehead atoms. The Labute approximate surface area is 244 Å². The molecule has 2 heterocycles. The summed E-state index contributed by atoms with van der Waals surface area (Å²) in [6.07, 6.45) is 4.70. The van der Waals surface area contributed by atoms with E-state index in [-0.39, 0.29) is 22.9 Å². The van der Waals surface area contributed by atoms with Crippen molar-refractivity contribution in [2.45, 2.75) is 44.9 Å². The number of anilines is 1. The van der Waals surface area contributed by atoms with Gasteiger partial charge in [0.1, 0.15) is 5.82 Å². The maximum Gasteiger partial charge on any atom is 0.334 e. The highest BCUT2D eigenvalue weighted by molar-refractivity contribution is 5.99. The van der Waals surface area contributed by atoms with Crippen LogP contribution in [0.25, 0.3) is 0 Å².